The highest BCUT2D eigenvalue weighted by Gasteiger charge is 2.14. The predicted octanol–water partition coefficient (Wildman–Crippen LogP) is 1.46. The second-order valence-corrected chi connectivity index (χ2v) is 4.36. The van der Waals surface area contributed by atoms with Gasteiger partial charge in [0.05, 0.1) is 7.11 Å². The van der Waals surface area contributed by atoms with Crippen LogP contribution in [0.15, 0.2) is 6.33 Å². The molecule has 92 valence electrons. The van der Waals surface area contributed by atoms with Crippen molar-refractivity contribution in [3.8, 4) is 5.88 Å². The Morgan fingerprint density at radius 1 is 1.41 bits per heavy atom. The van der Waals surface area contributed by atoms with Gasteiger partial charge in [-0.15, -0.1) is 0 Å². The van der Waals surface area contributed by atoms with Gasteiger partial charge in [-0.3, -0.25) is 4.57 Å². The predicted molar refractivity (Wildman–Crippen MR) is 65.7 cm³/mol. The second-order valence-electron chi connectivity index (χ2n) is 4.36. The molecule has 0 spiro atoms. The van der Waals surface area contributed by atoms with E-state index in [-0.39, 0.29) is 0 Å². The monoisotopic (exact) mass is 235 g/mol. The van der Waals surface area contributed by atoms with Crippen molar-refractivity contribution in [2.75, 3.05) is 12.8 Å². The number of aryl methyl sites for hydroxylation is 1. The summed E-state index contributed by atoms with van der Waals surface area (Å²) < 4.78 is 7.04. The van der Waals surface area contributed by atoms with Gasteiger partial charge in [0.15, 0.2) is 11.2 Å². The highest BCUT2D eigenvalue weighted by Crippen LogP contribution is 2.23. The molecule has 0 saturated carbocycles. The summed E-state index contributed by atoms with van der Waals surface area (Å²) >= 11 is 0. The van der Waals surface area contributed by atoms with Crippen LogP contribution in [0.1, 0.15) is 20.3 Å². The molecule has 0 bridgehead atoms. The van der Waals surface area contributed by atoms with Crippen molar-refractivity contribution < 1.29 is 4.74 Å². The Labute approximate surface area is 99.8 Å². The lowest BCUT2D eigenvalue weighted by molar-refractivity contribution is 0.401. The molecule has 0 fully saturated rings. The minimum Gasteiger partial charge on any atom is -0.479 e. The molecular formula is C11H17N5O. The third kappa shape index (κ3) is 2.15. The van der Waals surface area contributed by atoms with Crippen molar-refractivity contribution >= 4 is 17.1 Å². The topological polar surface area (TPSA) is 78.8 Å². The van der Waals surface area contributed by atoms with E-state index in [1.54, 1.807) is 7.11 Å². The zero-order valence-electron chi connectivity index (χ0n) is 10.3. The summed E-state index contributed by atoms with van der Waals surface area (Å²) in [5, 5.41) is 0. The van der Waals surface area contributed by atoms with Gasteiger partial charge in [-0.2, -0.15) is 4.98 Å². The van der Waals surface area contributed by atoms with E-state index in [1.807, 2.05) is 4.57 Å². The molecule has 2 aromatic rings. The van der Waals surface area contributed by atoms with Gasteiger partial charge in [0.1, 0.15) is 6.33 Å². The molecule has 0 unspecified atom stereocenters. The van der Waals surface area contributed by atoms with Gasteiger partial charge in [0.25, 0.3) is 0 Å². The fraction of sp³-hybridized carbons (Fsp3) is 0.545. The first-order valence-corrected chi connectivity index (χ1v) is 5.64. The Hall–Kier alpha value is -1.85. The normalized spacial score (nSPS) is 11.3. The Kier molecular flexibility index (Phi) is 3.12. The van der Waals surface area contributed by atoms with Crippen molar-refractivity contribution in [3.63, 3.8) is 0 Å². The van der Waals surface area contributed by atoms with Gasteiger partial charge in [-0.05, 0) is 12.3 Å². The summed E-state index contributed by atoms with van der Waals surface area (Å²) in [5.74, 6) is 1.53. The van der Waals surface area contributed by atoms with E-state index in [1.165, 1.54) is 6.33 Å². The van der Waals surface area contributed by atoms with Gasteiger partial charge in [0.2, 0.25) is 11.8 Å². The number of anilines is 1. The summed E-state index contributed by atoms with van der Waals surface area (Å²) in [6.45, 7) is 5.15. The summed E-state index contributed by atoms with van der Waals surface area (Å²) in [6, 6.07) is 0. The highest BCUT2D eigenvalue weighted by molar-refractivity contribution is 5.78. The van der Waals surface area contributed by atoms with Crippen molar-refractivity contribution in [3.05, 3.63) is 6.33 Å². The Morgan fingerprint density at radius 2 is 2.18 bits per heavy atom. The maximum Gasteiger partial charge on any atom is 0.245 e. The van der Waals surface area contributed by atoms with Gasteiger partial charge in [-0.1, -0.05) is 13.8 Å². The standard InChI is InChI=1S/C11H17N5O/c1-7(2)4-5-16-9-8(15-11(16)12)10(17-3)14-6-13-9/h6-7H,4-5H2,1-3H3,(H2,12,15). The zero-order chi connectivity index (χ0) is 12.4. The van der Waals surface area contributed by atoms with Crippen LogP contribution in [0.5, 0.6) is 5.88 Å². The summed E-state index contributed by atoms with van der Waals surface area (Å²) in [6.07, 6.45) is 2.50. The Morgan fingerprint density at radius 3 is 2.82 bits per heavy atom. The molecule has 0 atom stereocenters. The van der Waals surface area contributed by atoms with Crippen LogP contribution in [0.3, 0.4) is 0 Å². The van der Waals surface area contributed by atoms with Crippen LogP contribution in [0.4, 0.5) is 5.95 Å². The molecule has 0 amide bonds. The number of nitrogens with zero attached hydrogens (tertiary/aromatic N) is 4. The van der Waals surface area contributed by atoms with E-state index in [2.05, 4.69) is 28.8 Å². The number of nitrogens with two attached hydrogens (primary N) is 1. The van der Waals surface area contributed by atoms with Crippen LogP contribution in [0, 0.1) is 5.92 Å². The van der Waals surface area contributed by atoms with E-state index in [0.717, 1.165) is 18.6 Å². The van der Waals surface area contributed by atoms with Crippen LogP contribution in [0.2, 0.25) is 0 Å². The molecule has 0 aliphatic rings. The number of aromatic nitrogens is 4. The van der Waals surface area contributed by atoms with Crippen molar-refractivity contribution in [1.82, 2.24) is 19.5 Å². The minimum atomic E-state index is 0.458. The van der Waals surface area contributed by atoms with Crippen LogP contribution in [0.25, 0.3) is 11.2 Å². The number of hydrogen-bond donors (Lipinski definition) is 1. The van der Waals surface area contributed by atoms with Gasteiger partial charge in [-0.25, -0.2) is 9.97 Å². The molecule has 2 rings (SSSR count). The van der Waals surface area contributed by atoms with Crippen LogP contribution >= 0.6 is 0 Å². The third-order valence-corrected chi connectivity index (χ3v) is 2.65. The molecule has 6 nitrogen and oxygen atoms in total. The van der Waals surface area contributed by atoms with E-state index in [9.17, 15) is 0 Å². The van der Waals surface area contributed by atoms with E-state index >= 15 is 0 Å². The molecule has 2 aromatic heterocycles. The quantitative estimate of drug-likeness (QED) is 0.868. The number of ether oxygens (including phenoxy) is 1. The van der Waals surface area contributed by atoms with Crippen LogP contribution < -0.4 is 10.5 Å². The number of methoxy groups -OCH3 is 1. The van der Waals surface area contributed by atoms with E-state index in [0.29, 0.717) is 23.3 Å². The molecular weight excluding hydrogens is 218 g/mol. The van der Waals surface area contributed by atoms with Gasteiger partial charge < -0.3 is 10.5 Å². The highest BCUT2D eigenvalue weighted by atomic mass is 16.5. The van der Waals surface area contributed by atoms with Crippen LogP contribution in [-0.2, 0) is 6.54 Å². The minimum absolute atomic E-state index is 0.458. The molecule has 6 heteroatoms. The number of fused-ring (bicyclic) bond motifs is 1. The Bertz CT molecular complexity index is 520. The molecule has 0 aromatic carbocycles. The van der Waals surface area contributed by atoms with Crippen molar-refractivity contribution in [1.29, 1.82) is 0 Å². The summed E-state index contributed by atoms with van der Waals surface area (Å²) in [4.78, 5) is 12.5. The molecule has 0 saturated heterocycles. The van der Waals surface area contributed by atoms with Crippen LogP contribution in [-0.4, -0.2) is 26.6 Å². The lowest BCUT2D eigenvalue weighted by Gasteiger charge is -2.07. The number of imidazole rings is 1. The third-order valence-electron chi connectivity index (χ3n) is 2.65. The molecule has 0 aliphatic heterocycles. The molecule has 2 N–H and O–H groups in total. The molecule has 2 heterocycles. The summed E-state index contributed by atoms with van der Waals surface area (Å²) in [5.41, 5.74) is 7.24. The molecule has 17 heavy (non-hydrogen) atoms. The fourth-order valence-corrected chi connectivity index (χ4v) is 1.69. The first-order chi connectivity index (χ1) is 8.13. The fourth-order valence-electron chi connectivity index (χ4n) is 1.69. The summed E-state index contributed by atoms with van der Waals surface area (Å²) in [7, 11) is 1.56. The molecule has 0 radical (unpaired) electrons. The number of nitrogen functional groups attached to an aromatic ring is 1. The smallest absolute Gasteiger partial charge is 0.245 e. The number of hydrogen-bond acceptors (Lipinski definition) is 5. The first-order valence-electron chi connectivity index (χ1n) is 5.64. The van der Waals surface area contributed by atoms with E-state index in [4.69, 9.17) is 10.5 Å². The average molecular weight is 235 g/mol. The largest absolute Gasteiger partial charge is 0.479 e. The van der Waals surface area contributed by atoms with Gasteiger partial charge in [0, 0.05) is 6.54 Å². The lowest BCUT2D eigenvalue weighted by Crippen LogP contribution is -2.06. The van der Waals surface area contributed by atoms with E-state index < -0.39 is 0 Å². The SMILES string of the molecule is COc1ncnc2c1nc(N)n2CCC(C)C. The Balaban J connectivity index is 2.45. The van der Waals surface area contributed by atoms with Gasteiger partial charge >= 0.3 is 0 Å². The maximum absolute atomic E-state index is 5.89. The second kappa shape index (κ2) is 4.57. The average Bonchev–Trinajstić information content (AvgIpc) is 2.62. The molecule has 0 aliphatic carbocycles. The maximum atomic E-state index is 5.89. The van der Waals surface area contributed by atoms with Crippen molar-refractivity contribution in [2.45, 2.75) is 26.8 Å². The lowest BCUT2D eigenvalue weighted by atomic mass is 10.1. The number of rotatable bonds is 4. The zero-order valence-corrected chi connectivity index (χ0v) is 10.3. The first kappa shape index (κ1) is 11.6. The van der Waals surface area contributed by atoms with Crippen molar-refractivity contribution in [2.24, 2.45) is 5.92 Å².